The highest BCUT2D eigenvalue weighted by atomic mass is 16.3. The lowest BCUT2D eigenvalue weighted by Crippen LogP contribution is -2.34. The van der Waals surface area contributed by atoms with Crippen molar-refractivity contribution in [2.45, 2.75) is 13.0 Å². The first kappa shape index (κ1) is 9.29. The predicted molar refractivity (Wildman–Crippen MR) is 47.6 cm³/mol. The number of hydrogen-bond donors (Lipinski definition) is 2. The SMILES string of the molecule is CC1=CC=CCN1CC(O)CO. The summed E-state index contributed by atoms with van der Waals surface area (Å²) < 4.78 is 0. The Morgan fingerprint density at radius 3 is 3.00 bits per heavy atom. The van der Waals surface area contributed by atoms with Gasteiger partial charge in [0.25, 0.3) is 0 Å². The van der Waals surface area contributed by atoms with Gasteiger partial charge in [0.15, 0.2) is 0 Å². The smallest absolute Gasteiger partial charge is 0.0945 e. The number of aliphatic hydroxyl groups is 2. The molecule has 0 fully saturated rings. The molecule has 0 radical (unpaired) electrons. The van der Waals surface area contributed by atoms with E-state index in [1.165, 1.54) is 0 Å². The quantitative estimate of drug-likeness (QED) is 0.630. The number of β-amino-alcohol motifs (C(OH)–C–C–N with tert-alkyl or cyclic N) is 1. The zero-order valence-corrected chi connectivity index (χ0v) is 7.27. The predicted octanol–water partition coefficient (Wildman–Crippen LogP) is 0.115. The van der Waals surface area contributed by atoms with Crippen LogP contribution in [0.4, 0.5) is 0 Å². The Bertz CT molecular complexity index is 199. The van der Waals surface area contributed by atoms with E-state index in [2.05, 4.69) is 0 Å². The lowest BCUT2D eigenvalue weighted by molar-refractivity contribution is 0.0709. The first-order chi connectivity index (χ1) is 5.74. The molecule has 1 atom stereocenters. The number of allylic oxidation sites excluding steroid dienone is 3. The molecular weight excluding hydrogens is 154 g/mol. The third-order valence-corrected chi connectivity index (χ3v) is 1.94. The van der Waals surface area contributed by atoms with Gasteiger partial charge in [-0.2, -0.15) is 0 Å². The molecular formula is C9H15NO2. The number of hydrogen-bond acceptors (Lipinski definition) is 3. The van der Waals surface area contributed by atoms with Crippen molar-refractivity contribution in [3.63, 3.8) is 0 Å². The number of nitrogens with zero attached hydrogens (tertiary/aromatic N) is 1. The molecule has 3 heteroatoms. The molecule has 2 N–H and O–H groups in total. The van der Waals surface area contributed by atoms with Crippen molar-refractivity contribution in [2.75, 3.05) is 19.7 Å². The standard InChI is InChI=1S/C9H15NO2/c1-8-4-2-3-5-10(8)6-9(12)7-11/h2-4,9,11-12H,5-7H2,1H3. The van der Waals surface area contributed by atoms with Crippen LogP contribution in [0, 0.1) is 0 Å². The van der Waals surface area contributed by atoms with Crippen LogP contribution < -0.4 is 0 Å². The molecule has 0 aliphatic carbocycles. The van der Waals surface area contributed by atoms with Crippen molar-refractivity contribution in [3.8, 4) is 0 Å². The van der Waals surface area contributed by atoms with Gasteiger partial charge in [-0.25, -0.2) is 0 Å². The van der Waals surface area contributed by atoms with Crippen molar-refractivity contribution in [1.82, 2.24) is 4.90 Å². The fraction of sp³-hybridized carbons (Fsp3) is 0.556. The third-order valence-electron chi connectivity index (χ3n) is 1.94. The van der Waals surface area contributed by atoms with Gasteiger partial charge in [0.05, 0.1) is 12.7 Å². The van der Waals surface area contributed by atoms with Crippen molar-refractivity contribution in [2.24, 2.45) is 0 Å². The van der Waals surface area contributed by atoms with E-state index >= 15 is 0 Å². The van der Waals surface area contributed by atoms with E-state index in [-0.39, 0.29) is 6.61 Å². The van der Waals surface area contributed by atoms with E-state index in [9.17, 15) is 5.11 Å². The second-order valence-electron chi connectivity index (χ2n) is 2.98. The molecule has 1 unspecified atom stereocenters. The van der Waals surface area contributed by atoms with Gasteiger partial charge in [-0.1, -0.05) is 12.2 Å². The van der Waals surface area contributed by atoms with Crippen LogP contribution in [0.1, 0.15) is 6.92 Å². The van der Waals surface area contributed by atoms with Crippen LogP contribution in [-0.4, -0.2) is 40.9 Å². The maximum absolute atomic E-state index is 9.18. The molecule has 1 aliphatic rings. The first-order valence-corrected chi connectivity index (χ1v) is 4.11. The Kier molecular flexibility index (Phi) is 3.31. The Labute approximate surface area is 72.6 Å². The van der Waals surface area contributed by atoms with Gasteiger partial charge in [0.2, 0.25) is 0 Å². The van der Waals surface area contributed by atoms with E-state index in [4.69, 9.17) is 5.11 Å². The Morgan fingerprint density at radius 2 is 2.42 bits per heavy atom. The van der Waals surface area contributed by atoms with Crippen LogP contribution in [0.3, 0.4) is 0 Å². The van der Waals surface area contributed by atoms with Crippen LogP contribution in [0.15, 0.2) is 23.9 Å². The summed E-state index contributed by atoms with van der Waals surface area (Å²) >= 11 is 0. The molecule has 0 amide bonds. The molecule has 1 rings (SSSR count). The van der Waals surface area contributed by atoms with Gasteiger partial charge in [-0.15, -0.1) is 0 Å². The third kappa shape index (κ3) is 2.36. The fourth-order valence-corrected chi connectivity index (χ4v) is 1.18. The molecule has 0 aromatic rings. The van der Waals surface area contributed by atoms with Gasteiger partial charge in [0, 0.05) is 18.8 Å². The fourth-order valence-electron chi connectivity index (χ4n) is 1.18. The van der Waals surface area contributed by atoms with Crippen molar-refractivity contribution < 1.29 is 10.2 Å². The summed E-state index contributed by atoms with van der Waals surface area (Å²) in [7, 11) is 0. The van der Waals surface area contributed by atoms with E-state index in [0.717, 1.165) is 12.2 Å². The van der Waals surface area contributed by atoms with E-state index in [1.54, 1.807) is 0 Å². The summed E-state index contributed by atoms with van der Waals surface area (Å²) in [4.78, 5) is 2.03. The van der Waals surface area contributed by atoms with Gasteiger partial charge in [-0.3, -0.25) is 0 Å². The van der Waals surface area contributed by atoms with Crippen LogP contribution in [0.5, 0.6) is 0 Å². The van der Waals surface area contributed by atoms with Crippen molar-refractivity contribution in [3.05, 3.63) is 23.9 Å². The molecule has 0 spiro atoms. The first-order valence-electron chi connectivity index (χ1n) is 4.11. The van der Waals surface area contributed by atoms with Crippen LogP contribution in [-0.2, 0) is 0 Å². The summed E-state index contributed by atoms with van der Waals surface area (Å²) in [5.74, 6) is 0. The number of aliphatic hydroxyl groups excluding tert-OH is 2. The highest BCUT2D eigenvalue weighted by Crippen LogP contribution is 2.08. The summed E-state index contributed by atoms with van der Waals surface area (Å²) in [5, 5.41) is 17.8. The molecule has 0 aromatic carbocycles. The zero-order valence-electron chi connectivity index (χ0n) is 7.27. The summed E-state index contributed by atoms with van der Waals surface area (Å²) in [5.41, 5.74) is 1.13. The number of rotatable bonds is 3. The summed E-state index contributed by atoms with van der Waals surface area (Å²) in [6, 6.07) is 0. The van der Waals surface area contributed by atoms with E-state index in [0.29, 0.717) is 6.54 Å². The van der Waals surface area contributed by atoms with E-state index < -0.39 is 6.10 Å². The van der Waals surface area contributed by atoms with Crippen LogP contribution in [0.2, 0.25) is 0 Å². The van der Waals surface area contributed by atoms with Gasteiger partial charge < -0.3 is 15.1 Å². The van der Waals surface area contributed by atoms with Crippen molar-refractivity contribution in [1.29, 1.82) is 0 Å². The molecule has 0 bridgehead atoms. The van der Waals surface area contributed by atoms with Crippen LogP contribution in [0.25, 0.3) is 0 Å². The molecule has 1 heterocycles. The van der Waals surface area contributed by atoms with Gasteiger partial charge >= 0.3 is 0 Å². The molecule has 3 nitrogen and oxygen atoms in total. The maximum atomic E-state index is 9.18. The second-order valence-corrected chi connectivity index (χ2v) is 2.98. The molecule has 68 valence electrons. The average Bonchev–Trinajstić information content (AvgIpc) is 2.09. The summed E-state index contributed by atoms with van der Waals surface area (Å²) in [6.07, 6.45) is 5.38. The molecule has 0 aromatic heterocycles. The zero-order chi connectivity index (χ0) is 8.97. The minimum atomic E-state index is -0.639. The minimum absolute atomic E-state index is 0.173. The highest BCUT2D eigenvalue weighted by molar-refractivity contribution is 5.15. The lowest BCUT2D eigenvalue weighted by atomic mass is 10.2. The van der Waals surface area contributed by atoms with Gasteiger partial charge in [-0.05, 0) is 13.0 Å². The lowest BCUT2D eigenvalue weighted by Gasteiger charge is -2.27. The van der Waals surface area contributed by atoms with Crippen molar-refractivity contribution >= 4 is 0 Å². The average molecular weight is 169 g/mol. The Morgan fingerprint density at radius 1 is 1.67 bits per heavy atom. The van der Waals surface area contributed by atoms with Crippen LogP contribution >= 0.6 is 0 Å². The monoisotopic (exact) mass is 169 g/mol. The topological polar surface area (TPSA) is 43.7 Å². The largest absolute Gasteiger partial charge is 0.394 e. The second kappa shape index (κ2) is 4.28. The Hall–Kier alpha value is -0.800. The van der Waals surface area contributed by atoms with E-state index in [1.807, 2.05) is 30.1 Å². The normalized spacial score (nSPS) is 19.2. The Balaban J connectivity index is 2.43. The molecule has 12 heavy (non-hydrogen) atoms. The minimum Gasteiger partial charge on any atom is -0.394 e. The highest BCUT2D eigenvalue weighted by Gasteiger charge is 2.10. The summed E-state index contributed by atoms with van der Waals surface area (Å²) in [6.45, 7) is 3.14. The molecule has 1 aliphatic heterocycles. The molecule has 0 saturated heterocycles. The maximum Gasteiger partial charge on any atom is 0.0945 e. The molecule has 0 saturated carbocycles. The van der Waals surface area contributed by atoms with Gasteiger partial charge in [0.1, 0.15) is 0 Å².